The van der Waals surface area contributed by atoms with Crippen LogP contribution in [0.3, 0.4) is 0 Å². The van der Waals surface area contributed by atoms with Crippen molar-refractivity contribution in [1.29, 1.82) is 0 Å². The minimum absolute atomic E-state index is 0.147. The van der Waals surface area contributed by atoms with Gasteiger partial charge in [0.15, 0.2) is 5.78 Å². The van der Waals surface area contributed by atoms with E-state index in [4.69, 9.17) is 21.1 Å². The van der Waals surface area contributed by atoms with Crippen molar-refractivity contribution in [2.24, 2.45) is 0 Å². The van der Waals surface area contributed by atoms with Crippen LogP contribution in [0, 0.1) is 0 Å². The van der Waals surface area contributed by atoms with E-state index < -0.39 is 11.5 Å². The number of ether oxygens (including phenoxy) is 2. The SMILES string of the molecule is COCC(OC)[C@@H](Cl)C(=O)c1ccccc1. The number of methoxy groups -OCH3 is 2. The molecule has 1 aromatic rings. The van der Waals surface area contributed by atoms with Gasteiger partial charge in [0.2, 0.25) is 0 Å². The molecule has 2 atom stereocenters. The first-order valence-corrected chi connectivity index (χ1v) is 5.39. The van der Waals surface area contributed by atoms with E-state index in [9.17, 15) is 4.79 Å². The van der Waals surface area contributed by atoms with Gasteiger partial charge in [-0.2, -0.15) is 0 Å². The lowest BCUT2D eigenvalue weighted by atomic mass is 10.1. The average Bonchev–Trinajstić information content (AvgIpc) is 2.35. The van der Waals surface area contributed by atoms with Crippen LogP contribution < -0.4 is 0 Å². The highest BCUT2D eigenvalue weighted by Crippen LogP contribution is 2.14. The van der Waals surface area contributed by atoms with Crippen LogP contribution in [0.1, 0.15) is 10.4 Å². The number of alkyl halides is 1. The first kappa shape index (κ1) is 13.2. The van der Waals surface area contributed by atoms with Crippen LogP contribution >= 0.6 is 11.6 Å². The highest BCUT2D eigenvalue weighted by atomic mass is 35.5. The summed E-state index contributed by atoms with van der Waals surface area (Å²) < 4.78 is 10.1. The number of hydrogen-bond donors (Lipinski definition) is 0. The third-order valence-corrected chi connectivity index (χ3v) is 2.75. The molecule has 0 N–H and O–H groups in total. The lowest BCUT2D eigenvalue weighted by Gasteiger charge is -2.18. The van der Waals surface area contributed by atoms with Gasteiger partial charge in [0.1, 0.15) is 11.5 Å². The Balaban J connectivity index is 2.73. The van der Waals surface area contributed by atoms with Crippen molar-refractivity contribution >= 4 is 17.4 Å². The molecule has 0 aromatic heterocycles. The van der Waals surface area contributed by atoms with Gasteiger partial charge >= 0.3 is 0 Å². The molecule has 0 bridgehead atoms. The van der Waals surface area contributed by atoms with E-state index in [1.165, 1.54) is 7.11 Å². The zero-order valence-corrected chi connectivity index (χ0v) is 10.1. The van der Waals surface area contributed by atoms with Crippen LogP contribution in [-0.2, 0) is 9.47 Å². The normalized spacial score (nSPS) is 14.4. The molecule has 1 rings (SSSR count). The molecule has 0 radical (unpaired) electrons. The third kappa shape index (κ3) is 3.30. The summed E-state index contributed by atoms with van der Waals surface area (Å²) in [5.74, 6) is -0.147. The fourth-order valence-electron chi connectivity index (χ4n) is 1.37. The predicted molar refractivity (Wildman–Crippen MR) is 63.1 cm³/mol. The van der Waals surface area contributed by atoms with Crippen LogP contribution in [0.25, 0.3) is 0 Å². The number of hydrogen-bond acceptors (Lipinski definition) is 3. The van der Waals surface area contributed by atoms with E-state index in [-0.39, 0.29) is 5.78 Å². The minimum Gasteiger partial charge on any atom is -0.382 e. The van der Waals surface area contributed by atoms with Gasteiger partial charge in [-0.15, -0.1) is 11.6 Å². The van der Waals surface area contributed by atoms with Crippen molar-refractivity contribution in [1.82, 2.24) is 0 Å². The van der Waals surface area contributed by atoms with E-state index >= 15 is 0 Å². The second kappa shape index (κ2) is 6.63. The van der Waals surface area contributed by atoms with Gasteiger partial charge in [-0.3, -0.25) is 4.79 Å². The largest absolute Gasteiger partial charge is 0.382 e. The summed E-state index contributed by atoms with van der Waals surface area (Å²) in [5, 5.41) is -0.729. The van der Waals surface area contributed by atoms with Crippen LogP contribution in [0.5, 0.6) is 0 Å². The number of halogens is 1. The molecule has 0 aliphatic heterocycles. The van der Waals surface area contributed by atoms with Gasteiger partial charge in [0, 0.05) is 19.8 Å². The second-order valence-electron chi connectivity index (χ2n) is 3.36. The summed E-state index contributed by atoms with van der Waals surface area (Å²) in [6.45, 7) is 0.295. The van der Waals surface area contributed by atoms with E-state index in [1.807, 2.05) is 6.07 Å². The molecular weight excluding hydrogens is 228 g/mol. The number of Topliss-reactive ketones (excluding diaryl/α,β-unsaturated/α-hetero) is 1. The maximum absolute atomic E-state index is 12.0. The Morgan fingerprint density at radius 1 is 1.31 bits per heavy atom. The molecule has 0 fully saturated rings. The van der Waals surface area contributed by atoms with Crippen molar-refractivity contribution in [2.75, 3.05) is 20.8 Å². The zero-order valence-electron chi connectivity index (χ0n) is 9.35. The number of carbonyl (C=O) groups excluding carboxylic acids is 1. The van der Waals surface area contributed by atoms with Crippen molar-refractivity contribution < 1.29 is 14.3 Å². The van der Waals surface area contributed by atoms with Gasteiger partial charge in [0.25, 0.3) is 0 Å². The number of benzene rings is 1. The summed E-state index contributed by atoms with van der Waals surface area (Å²) in [5.41, 5.74) is 0.584. The Morgan fingerprint density at radius 3 is 2.44 bits per heavy atom. The molecule has 3 nitrogen and oxygen atoms in total. The molecule has 0 spiro atoms. The van der Waals surface area contributed by atoms with Crippen LogP contribution in [0.15, 0.2) is 30.3 Å². The van der Waals surface area contributed by atoms with Gasteiger partial charge < -0.3 is 9.47 Å². The number of ketones is 1. The lowest BCUT2D eigenvalue weighted by molar-refractivity contribution is 0.0259. The zero-order chi connectivity index (χ0) is 12.0. The number of rotatable bonds is 6. The summed E-state index contributed by atoms with van der Waals surface area (Å²) in [6.07, 6.45) is -0.431. The summed E-state index contributed by atoms with van der Waals surface area (Å²) in [4.78, 5) is 12.0. The quantitative estimate of drug-likeness (QED) is 0.566. The topological polar surface area (TPSA) is 35.5 Å². The molecule has 0 amide bonds. The van der Waals surface area contributed by atoms with Crippen molar-refractivity contribution in [2.45, 2.75) is 11.5 Å². The van der Waals surface area contributed by atoms with E-state index in [0.717, 1.165) is 0 Å². The molecule has 4 heteroatoms. The molecule has 0 heterocycles. The number of carbonyl (C=O) groups is 1. The average molecular weight is 243 g/mol. The Morgan fingerprint density at radius 2 is 1.94 bits per heavy atom. The molecule has 88 valence electrons. The standard InChI is InChI=1S/C12H15ClO3/c1-15-8-10(16-2)11(13)12(14)9-6-4-3-5-7-9/h3-7,10-11H,8H2,1-2H3/t10?,11-/m1/s1. The smallest absolute Gasteiger partial charge is 0.183 e. The van der Waals surface area contributed by atoms with Crippen molar-refractivity contribution in [3.8, 4) is 0 Å². The van der Waals surface area contributed by atoms with E-state index in [2.05, 4.69) is 0 Å². The highest BCUT2D eigenvalue weighted by molar-refractivity contribution is 6.34. The molecule has 0 saturated heterocycles. The maximum atomic E-state index is 12.0. The lowest BCUT2D eigenvalue weighted by Crippen LogP contribution is -2.34. The fraction of sp³-hybridized carbons (Fsp3) is 0.417. The Labute approximate surface area is 100 Å². The summed E-state index contributed by atoms with van der Waals surface area (Å²) in [6, 6.07) is 8.92. The minimum atomic E-state index is -0.729. The van der Waals surface area contributed by atoms with Gasteiger partial charge in [-0.1, -0.05) is 30.3 Å². The monoisotopic (exact) mass is 242 g/mol. The second-order valence-corrected chi connectivity index (χ2v) is 3.83. The van der Waals surface area contributed by atoms with Crippen LogP contribution in [-0.4, -0.2) is 38.1 Å². The highest BCUT2D eigenvalue weighted by Gasteiger charge is 2.26. The predicted octanol–water partition coefficient (Wildman–Crippen LogP) is 2.14. The molecule has 0 aliphatic rings. The molecule has 0 aliphatic carbocycles. The molecular formula is C12H15ClO3. The van der Waals surface area contributed by atoms with Gasteiger partial charge in [-0.25, -0.2) is 0 Å². The Kier molecular flexibility index (Phi) is 5.46. The van der Waals surface area contributed by atoms with Crippen LogP contribution in [0.2, 0.25) is 0 Å². The maximum Gasteiger partial charge on any atom is 0.183 e. The van der Waals surface area contributed by atoms with E-state index in [0.29, 0.717) is 12.2 Å². The van der Waals surface area contributed by atoms with Gasteiger partial charge in [0.05, 0.1) is 6.61 Å². The summed E-state index contributed by atoms with van der Waals surface area (Å²) in [7, 11) is 3.06. The van der Waals surface area contributed by atoms with Crippen LogP contribution in [0.4, 0.5) is 0 Å². The summed E-state index contributed by atoms with van der Waals surface area (Å²) >= 11 is 6.06. The Hall–Kier alpha value is -0.900. The van der Waals surface area contributed by atoms with Crippen molar-refractivity contribution in [3.05, 3.63) is 35.9 Å². The van der Waals surface area contributed by atoms with Crippen molar-refractivity contribution in [3.63, 3.8) is 0 Å². The fourth-order valence-corrected chi connectivity index (χ4v) is 1.67. The first-order chi connectivity index (χ1) is 7.70. The molecule has 0 saturated carbocycles. The third-order valence-electron chi connectivity index (χ3n) is 2.27. The Bertz CT molecular complexity index is 326. The van der Waals surface area contributed by atoms with E-state index in [1.54, 1.807) is 31.4 Å². The van der Waals surface area contributed by atoms with Gasteiger partial charge in [-0.05, 0) is 0 Å². The molecule has 16 heavy (non-hydrogen) atoms. The molecule has 1 aromatic carbocycles. The molecule has 1 unspecified atom stereocenters. The first-order valence-electron chi connectivity index (χ1n) is 4.95.